The zero-order valence-corrected chi connectivity index (χ0v) is 10.4. The molecule has 0 aromatic heterocycles. The summed E-state index contributed by atoms with van der Waals surface area (Å²) in [5.74, 6) is -0.473. The molecular weight excluding hydrogens is 220 g/mol. The van der Waals surface area contributed by atoms with Crippen LogP contribution in [0.15, 0.2) is 16.9 Å². The summed E-state index contributed by atoms with van der Waals surface area (Å²) in [5.41, 5.74) is 0.233. The Morgan fingerprint density at radius 3 is 2.50 bits per heavy atom. The minimum Gasteiger partial charge on any atom is -0.464 e. The van der Waals surface area contributed by atoms with Gasteiger partial charge in [0.1, 0.15) is 4.38 Å². The first-order valence-electron chi connectivity index (χ1n) is 3.79. The number of esters is 1. The van der Waals surface area contributed by atoms with Crippen LogP contribution in [0.1, 0.15) is 0 Å². The molecule has 0 heterocycles. The van der Waals surface area contributed by atoms with Crippen LogP contribution in [0.2, 0.25) is 0 Å². The van der Waals surface area contributed by atoms with Gasteiger partial charge in [-0.25, -0.2) is 9.79 Å². The van der Waals surface area contributed by atoms with E-state index in [9.17, 15) is 4.79 Å². The number of rotatable bonds is 3. The lowest BCUT2D eigenvalue weighted by Gasteiger charge is -2.07. The van der Waals surface area contributed by atoms with Gasteiger partial charge in [-0.3, -0.25) is 0 Å². The van der Waals surface area contributed by atoms with Gasteiger partial charge >= 0.3 is 5.97 Å². The van der Waals surface area contributed by atoms with E-state index >= 15 is 0 Å². The Morgan fingerprint density at radius 2 is 2.14 bits per heavy atom. The summed E-state index contributed by atoms with van der Waals surface area (Å²) in [5, 5.41) is 0. The highest BCUT2D eigenvalue weighted by molar-refractivity contribution is 8.32. The fraction of sp³-hybridized carbons (Fsp3) is 0.500. The van der Waals surface area contributed by atoms with Crippen molar-refractivity contribution in [3.05, 3.63) is 11.9 Å². The normalized spacial score (nSPS) is 12.6. The van der Waals surface area contributed by atoms with Crippen LogP contribution >= 0.6 is 24.4 Å². The number of hydrogen-bond acceptors (Lipinski definition) is 5. The molecule has 0 fully saturated rings. The third-order valence-electron chi connectivity index (χ3n) is 1.17. The lowest BCUT2D eigenvalue weighted by atomic mass is 10.5. The number of hydrogen-bond donors (Lipinski definition) is 1. The van der Waals surface area contributed by atoms with Crippen molar-refractivity contribution in [3.63, 3.8) is 0 Å². The van der Waals surface area contributed by atoms with Crippen LogP contribution in [0, 0.1) is 0 Å². The summed E-state index contributed by atoms with van der Waals surface area (Å²) in [7, 11) is 4.92. The van der Waals surface area contributed by atoms with Gasteiger partial charge in [-0.1, -0.05) is 0 Å². The third-order valence-corrected chi connectivity index (χ3v) is 2.28. The number of nitrogens with zero attached hydrogens (tertiary/aromatic N) is 2. The lowest BCUT2D eigenvalue weighted by molar-refractivity contribution is -0.136. The second-order valence-corrected chi connectivity index (χ2v) is 4.09. The van der Waals surface area contributed by atoms with E-state index in [4.69, 9.17) is 0 Å². The fourth-order valence-corrected chi connectivity index (χ4v) is 0.922. The van der Waals surface area contributed by atoms with E-state index < -0.39 is 5.97 Å². The Balaban J connectivity index is 4.83. The number of thiol groups is 1. The van der Waals surface area contributed by atoms with Gasteiger partial charge in [0.05, 0.1) is 7.11 Å². The molecule has 0 aromatic carbocycles. The van der Waals surface area contributed by atoms with Crippen LogP contribution in [-0.4, -0.2) is 42.7 Å². The Kier molecular flexibility index (Phi) is 6.48. The number of ether oxygens (including phenoxy) is 1. The highest BCUT2D eigenvalue weighted by atomic mass is 32.2. The van der Waals surface area contributed by atoms with E-state index in [1.54, 1.807) is 25.2 Å². The number of carbonyl (C=O) groups excluding carboxylic acids is 1. The zero-order chi connectivity index (χ0) is 11.1. The van der Waals surface area contributed by atoms with Crippen molar-refractivity contribution in [1.82, 2.24) is 4.90 Å². The van der Waals surface area contributed by atoms with Crippen LogP contribution in [0.3, 0.4) is 0 Å². The number of thioether (sulfide) groups is 1. The SMILES string of the molecule is COC(=O)C(=C\N(C)C)/N=C(/S)SC. The first-order valence-corrected chi connectivity index (χ1v) is 5.46. The number of aliphatic imine (C=N–C) groups is 1. The van der Waals surface area contributed by atoms with Crippen molar-refractivity contribution in [2.45, 2.75) is 0 Å². The van der Waals surface area contributed by atoms with Gasteiger partial charge in [0.2, 0.25) is 0 Å². The molecule has 0 aromatic rings. The van der Waals surface area contributed by atoms with E-state index in [-0.39, 0.29) is 5.70 Å². The average Bonchev–Trinajstić information content (AvgIpc) is 2.14. The fourth-order valence-electron chi connectivity index (χ4n) is 0.625. The summed E-state index contributed by atoms with van der Waals surface area (Å²) in [4.78, 5) is 16.9. The second-order valence-electron chi connectivity index (χ2n) is 2.57. The van der Waals surface area contributed by atoms with E-state index in [2.05, 4.69) is 22.4 Å². The first-order chi connectivity index (χ1) is 6.51. The molecule has 0 N–H and O–H groups in total. The number of methoxy groups -OCH3 is 1. The van der Waals surface area contributed by atoms with Crippen molar-refractivity contribution in [3.8, 4) is 0 Å². The zero-order valence-electron chi connectivity index (χ0n) is 8.64. The lowest BCUT2D eigenvalue weighted by Crippen LogP contribution is -2.10. The Labute approximate surface area is 93.8 Å². The molecular formula is C8H14N2O2S2. The van der Waals surface area contributed by atoms with Gasteiger partial charge in [0.25, 0.3) is 0 Å². The van der Waals surface area contributed by atoms with Gasteiger partial charge in [-0.05, 0) is 6.26 Å². The van der Waals surface area contributed by atoms with Gasteiger partial charge < -0.3 is 9.64 Å². The average molecular weight is 234 g/mol. The topological polar surface area (TPSA) is 41.9 Å². The van der Waals surface area contributed by atoms with Gasteiger partial charge in [-0.2, -0.15) is 0 Å². The maximum Gasteiger partial charge on any atom is 0.358 e. The highest BCUT2D eigenvalue weighted by Crippen LogP contribution is 2.09. The molecule has 80 valence electrons. The minimum atomic E-state index is -0.473. The predicted molar refractivity (Wildman–Crippen MR) is 63.7 cm³/mol. The van der Waals surface area contributed by atoms with Crippen LogP contribution in [0.5, 0.6) is 0 Å². The smallest absolute Gasteiger partial charge is 0.358 e. The Bertz CT molecular complexity index is 262. The maximum absolute atomic E-state index is 11.2. The van der Waals surface area contributed by atoms with E-state index in [0.717, 1.165) is 0 Å². The monoisotopic (exact) mass is 234 g/mol. The Morgan fingerprint density at radius 1 is 1.57 bits per heavy atom. The van der Waals surface area contributed by atoms with E-state index in [0.29, 0.717) is 4.38 Å². The first kappa shape index (κ1) is 13.4. The second kappa shape index (κ2) is 6.78. The molecule has 14 heavy (non-hydrogen) atoms. The van der Waals surface area contributed by atoms with Gasteiger partial charge in [-0.15, -0.1) is 24.4 Å². The summed E-state index contributed by atoms with van der Waals surface area (Å²) in [6, 6.07) is 0. The van der Waals surface area contributed by atoms with Crippen LogP contribution in [0.4, 0.5) is 0 Å². The summed E-state index contributed by atoms with van der Waals surface area (Å²) >= 11 is 5.43. The van der Waals surface area contributed by atoms with Gasteiger partial charge in [0, 0.05) is 20.3 Å². The molecule has 0 bridgehead atoms. The highest BCUT2D eigenvalue weighted by Gasteiger charge is 2.09. The molecule has 0 radical (unpaired) electrons. The summed E-state index contributed by atoms with van der Waals surface area (Å²) in [6.07, 6.45) is 3.41. The summed E-state index contributed by atoms with van der Waals surface area (Å²) < 4.78 is 5.09. The molecule has 0 atom stereocenters. The minimum absolute atomic E-state index is 0.233. The van der Waals surface area contributed by atoms with Crippen molar-refractivity contribution >= 4 is 34.7 Å². The molecule has 0 saturated carbocycles. The van der Waals surface area contributed by atoms with Crippen LogP contribution < -0.4 is 0 Å². The molecule has 0 spiro atoms. The molecule has 4 nitrogen and oxygen atoms in total. The third kappa shape index (κ3) is 5.18. The maximum atomic E-state index is 11.2. The van der Waals surface area contributed by atoms with Crippen LogP contribution in [-0.2, 0) is 9.53 Å². The number of carbonyl (C=O) groups is 1. The quantitative estimate of drug-likeness (QED) is 0.262. The van der Waals surface area contributed by atoms with E-state index in [1.165, 1.54) is 18.9 Å². The van der Waals surface area contributed by atoms with Crippen molar-refractivity contribution in [2.24, 2.45) is 4.99 Å². The molecule has 6 heteroatoms. The van der Waals surface area contributed by atoms with Crippen molar-refractivity contribution < 1.29 is 9.53 Å². The Hall–Kier alpha value is -0.620. The molecule has 0 rings (SSSR count). The molecule has 0 aliphatic heterocycles. The van der Waals surface area contributed by atoms with E-state index in [1.807, 2.05) is 6.26 Å². The molecule has 0 aliphatic rings. The predicted octanol–water partition coefficient (Wildman–Crippen LogP) is 1.21. The largest absolute Gasteiger partial charge is 0.464 e. The van der Waals surface area contributed by atoms with Crippen molar-refractivity contribution in [2.75, 3.05) is 27.5 Å². The molecule has 0 aliphatic carbocycles. The van der Waals surface area contributed by atoms with Gasteiger partial charge in [0.15, 0.2) is 5.70 Å². The molecule has 0 saturated heterocycles. The molecule has 0 amide bonds. The standard InChI is InChI=1S/C8H14N2O2S2/c1-10(2)5-6(7(11)12-3)9-8(13)14-4/h5H,1-4H3,(H,9,13)/b6-5+. The molecule has 0 unspecified atom stereocenters. The van der Waals surface area contributed by atoms with Crippen LogP contribution in [0.25, 0.3) is 0 Å². The van der Waals surface area contributed by atoms with Crippen molar-refractivity contribution in [1.29, 1.82) is 0 Å². The summed E-state index contributed by atoms with van der Waals surface area (Å²) in [6.45, 7) is 0.